The zero-order valence-corrected chi connectivity index (χ0v) is 17.4. The molecule has 162 valence electrons. The standard InChI is InChI=1S/C22H24FN5O3/c1-12-3-4-17-15(7-12)28-16(13(2)23)10-30-18-9-27-19(25-20(18)28)14(8-24-27)21(29)26-22(5-6-22)11-31-17/h3-4,7-9,13,15-17H,5-6,10-11H2,1-2H3,(H,26,29). The van der Waals surface area contributed by atoms with E-state index in [0.29, 0.717) is 29.4 Å². The number of carbonyl (C=O) groups is 1. The number of allylic oxidation sites excluding steroid dienone is 2. The number of ether oxygens (including phenoxy) is 2. The van der Waals surface area contributed by atoms with E-state index in [1.807, 2.05) is 24.0 Å². The molecule has 2 aromatic heterocycles. The molecule has 1 fully saturated rings. The molecule has 0 radical (unpaired) electrons. The number of hydrogen-bond donors (Lipinski definition) is 1. The van der Waals surface area contributed by atoms with Gasteiger partial charge >= 0.3 is 0 Å². The van der Waals surface area contributed by atoms with E-state index >= 15 is 0 Å². The van der Waals surface area contributed by atoms with Crippen LogP contribution < -0.4 is 15.0 Å². The molecule has 2 bridgehead atoms. The largest absolute Gasteiger partial charge is 0.486 e. The van der Waals surface area contributed by atoms with Crippen molar-refractivity contribution in [2.75, 3.05) is 18.1 Å². The molecule has 2 aliphatic heterocycles. The number of alkyl halides is 1. The molecule has 1 saturated carbocycles. The normalized spacial score (nSPS) is 29.5. The van der Waals surface area contributed by atoms with Gasteiger partial charge in [-0.1, -0.05) is 23.8 Å². The number of hydrogen-bond acceptors (Lipinski definition) is 6. The van der Waals surface area contributed by atoms with E-state index < -0.39 is 12.2 Å². The van der Waals surface area contributed by atoms with Gasteiger partial charge < -0.3 is 19.7 Å². The summed E-state index contributed by atoms with van der Waals surface area (Å²) in [5.74, 6) is 0.784. The van der Waals surface area contributed by atoms with Crippen LogP contribution in [0.3, 0.4) is 0 Å². The van der Waals surface area contributed by atoms with Gasteiger partial charge in [0.1, 0.15) is 18.3 Å². The van der Waals surface area contributed by atoms with Crippen molar-refractivity contribution in [1.82, 2.24) is 19.9 Å². The third-order valence-corrected chi connectivity index (χ3v) is 6.65. The molecule has 31 heavy (non-hydrogen) atoms. The first-order valence-electron chi connectivity index (χ1n) is 10.7. The van der Waals surface area contributed by atoms with Crippen molar-refractivity contribution in [1.29, 1.82) is 0 Å². The maximum Gasteiger partial charge on any atom is 0.257 e. The molecule has 9 heteroatoms. The van der Waals surface area contributed by atoms with Gasteiger partial charge in [0.2, 0.25) is 0 Å². The summed E-state index contributed by atoms with van der Waals surface area (Å²) in [5, 5.41) is 7.43. The molecule has 1 spiro atoms. The highest BCUT2D eigenvalue weighted by molar-refractivity contribution is 6.00. The van der Waals surface area contributed by atoms with Crippen LogP contribution in [-0.2, 0) is 4.74 Å². The minimum absolute atomic E-state index is 0.191. The number of carbonyl (C=O) groups excluding carboxylic acids is 1. The number of nitrogens with one attached hydrogen (secondary N) is 1. The number of aromatic nitrogens is 3. The van der Waals surface area contributed by atoms with Crippen LogP contribution in [0.5, 0.6) is 5.75 Å². The molecular formula is C22H24FN5O3. The molecule has 2 aromatic rings. The summed E-state index contributed by atoms with van der Waals surface area (Å²) in [6.07, 6.45) is 9.63. The monoisotopic (exact) mass is 425 g/mol. The highest BCUT2D eigenvalue weighted by Crippen LogP contribution is 2.41. The van der Waals surface area contributed by atoms with Crippen LogP contribution in [-0.4, -0.2) is 63.6 Å². The van der Waals surface area contributed by atoms with E-state index in [9.17, 15) is 9.18 Å². The Morgan fingerprint density at radius 3 is 3.00 bits per heavy atom. The van der Waals surface area contributed by atoms with E-state index in [2.05, 4.69) is 16.5 Å². The molecule has 4 unspecified atom stereocenters. The average molecular weight is 425 g/mol. The first-order valence-corrected chi connectivity index (χ1v) is 10.7. The summed E-state index contributed by atoms with van der Waals surface area (Å²) in [5.41, 5.74) is 1.52. The smallest absolute Gasteiger partial charge is 0.257 e. The van der Waals surface area contributed by atoms with Crippen LogP contribution in [0.25, 0.3) is 5.65 Å². The summed E-state index contributed by atoms with van der Waals surface area (Å²) in [7, 11) is 0. The van der Waals surface area contributed by atoms with Crippen molar-refractivity contribution in [3.63, 3.8) is 0 Å². The number of amides is 1. The Bertz CT molecular complexity index is 1140. The number of fused-ring (bicyclic) bond motifs is 2. The topological polar surface area (TPSA) is 81.0 Å². The minimum atomic E-state index is -1.15. The molecule has 4 atom stereocenters. The van der Waals surface area contributed by atoms with Crippen molar-refractivity contribution in [3.05, 3.63) is 41.8 Å². The van der Waals surface area contributed by atoms with Crippen molar-refractivity contribution in [2.45, 2.75) is 56.6 Å². The van der Waals surface area contributed by atoms with Crippen molar-refractivity contribution in [2.24, 2.45) is 0 Å². The Labute approximate surface area is 178 Å². The second kappa shape index (κ2) is 6.53. The third kappa shape index (κ3) is 2.94. The Morgan fingerprint density at radius 1 is 1.39 bits per heavy atom. The fourth-order valence-corrected chi connectivity index (χ4v) is 4.65. The van der Waals surface area contributed by atoms with Gasteiger partial charge in [0, 0.05) is 0 Å². The molecular weight excluding hydrogens is 401 g/mol. The second-order valence-corrected chi connectivity index (χ2v) is 8.99. The zero-order valence-electron chi connectivity index (χ0n) is 17.4. The van der Waals surface area contributed by atoms with Gasteiger partial charge in [-0.15, -0.1) is 0 Å². The number of rotatable bonds is 1. The quantitative estimate of drug-likeness (QED) is 0.755. The fraction of sp³-hybridized carbons (Fsp3) is 0.500. The third-order valence-electron chi connectivity index (χ3n) is 6.65. The number of halogens is 1. The van der Waals surface area contributed by atoms with Crippen LogP contribution in [0.2, 0.25) is 0 Å². The molecule has 6 rings (SSSR count). The summed E-state index contributed by atoms with van der Waals surface area (Å²) in [4.78, 5) is 19.8. The maximum atomic E-state index is 14.8. The zero-order chi connectivity index (χ0) is 21.3. The van der Waals surface area contributed by atoms with E-state index in [1.54, 1.807) is 10.7 Å². The van der Waals surface area contributed by atoms with Crippen LogP contribution in [0.4, 0.5) is 10.2 Å². The Morgan fingerprint density at radius 2 is 2.23 bits per heavy atom. The van der Waals surface area contributed by atoms with Gasteiger partial charge in [0.05, 0.1) is 42.7 Å². The van der Waals surface area contributed by atoms with Crippen molar-refractivity contribution in [3.8, 4) is 5.75 Å². The summed E-state index contributed by atoms with van der Waals surface area (Å²) in [6.45, 7) is 4.15. The van der Waals surface area contributed by atoms with Crippen LogP contribution in [0.1, 0.15) is 37.0 Å². The van der Waals surface area contributed by atoms with E-state index in [0.717, 1.165) is 18.4 Å². The first kappa shape index (κ1) is 18.8. The highest BCUT2D eigenvalue weighted by atomic mass is 19.1. The molecule has 0 saturated heterocycles. The molecule has 4 heterocycles. The SMILES string of the molecule is CC1=CC2C(C=C1)OCC1(CC1)NC(=O)c1cnn3cc4c(nc13)N2C(C(C)F)CO4. The van der Waals surface area contributed by atoms with Gasteiger partial charge in [-0.3, -0.25) is 4.79 Å². The fourth-order valence-electron chi connectivity index (χ4n) is 4.65. The average Bonchev–Trinajstić information content (AvgIpc) is 3.38. The van der Waals surface area contributed by atoms with Gasteiger partial charge in [-0.05, 0) is 26.7 Å². The predicted octanol–water partition coefficient (Wildman–Crippen LogP) is 2.20. The molecule has 2 aliphatic carbocycles. The van der Waals surface area contributed by atoms with E-state index in [-0.39, 0.29) is 30.2 Å². The lowest BCUT2D eigenvalue weighted by atomic mass is 9.96. The van der Waals surface area contributed by atoms with Crippen molar-refractivity contribution < 1.29 is 18.7 Å². The number of anilines is 1. The van der Waals surface area contributed by atoms with Crippen LogP contribution in [0, 0.1) is 0 Å². The molecule has 1 amide bonds. The highest BCUT2D eigenvalue weighted by Gasteiger charge is 2.47. The minimum Gasteiger partial charge on any atom is -0.486 e. The molecule has 1 N–H and O–H groups in total. The predicted molar refractivity (Wildman–Crippen MR) is 111 cm³/mol. The van der Waals surface area contributed by atoms with Gasteiger partial charge in [-0.25, -0.2) is 13.9 Å². The lowest BCUT2D eigenvalue weighted by Crippen LogP contribution is -2.57. The lowest BCUT2D eigenvalue weighted by molar-refractivity contribution is 0.0433. The van der Waals surface area contributed by atoms with Crippen LogP contribution in [0.15, 0.2) is 36.2 Å². The Kier molecular flexibility index (Phi) is 3.96. The Hall–Kier alpha value is -2.94. The summed E-state index contributed by atoms with van der Waals surface area (Å²) >= 11 is 0. The Balaban J connectivity index is 1.58. The van der Waals surface area contributed by atoms with Gasteiger partial charge in [0.15, 0.2) is 17.2 Å². The van der Waals surface area contributed by atoms with Gasteiger partial charge in [-0.2, -0.15) is 5.10 Å². The maximum absolute atomic E-state index is 14.8. The molecule has 0 aromatic carbocycles. The molecule has 4 aliphatic rings. The second-order valence-electron chi connectivity index (χ2n) is 8.99. The lowest BCUT2D eigenvalue weighted by Gasteiger charge is -2.45. The van der Waals surface area contributed by atoms with E-state index in [1.165, 1.54) is 13.1 Å². The van der Waals surface area contributed by atoms with E-state index in [4.69, 9.17) is 14.5 Å². The first-order chi connectivity index (χ1) is 14.9. The molecule has 8 nitrogen and oxygen atoms in total. The van der Waals surface area contributed by atoms with Gasteiger partial charge in [0.25, 0.3) is 5.91 Å². The number of nitrogens with zero attached hydrogens (tertiary/aromatic N) is 4. The van der Waals surface area contributed by atoms with Crippen molar-refractivity contribution >= 4 is 17.4 Å². The summed E-state index contributed by atoms with van der Waals surface area (Å²) < 4.78 is 28.6. The van der Waals surface area contributed by atoms with Crippen LogP contribution >= 0.6 is 0 Å². The summed E-state index contributed by atoms with van der Waals surface area (Å²) in [6, 6.07) is -0.782.